The molecule has 0 fully saturated rings. The van der Waals surface area contributed by atoms with Crippen molar-refractivity contribution < 1.29 is 0 Å². The Morgan fingerprint density at radius 3 is 1.24 bits per heavy atom. The Kier molecular flexibility index (Phi) is 6.89. The van der Waals surface area contributed by atoms with Gasteiger partial charge in [-0.2, -0.15) is 0 Å². The van der Waals surface area contributed by atoms with Crippen molar-refractivity contribution in [1.82, 2.24) is 0 Å². The summed E-state index contributed by atoms with van der Waals surface area (Å²) in [5, 5.41) is 0. The van der Waals surface area contributed by atoms with E-state index in [1.807, 2.05) is 0 Å². The highest BCUT2D eigenvalue weighted by atomic mass is 79.9. The molecule has 0 N–H and O–H groups in total. The molecule has 0 aliphatic carbocycles. The Hall–Kier alpha value is -4.40. The molecule has 0 aromatic heterocycles. The Labute approximate surface area is 232 Å². The fraction of sp³-hybridized carbons (Fsp3) is 0. The normalized spacial score (nSPS) is 10.8. The molecular weight excluding hydrogens is 526 g/mol. The Balaban J connectivity index is 1.47. The van der Waals surface area contributed by atoms with Gasteiger partial charge in [0.05, 0.1) is 5.69 Å². The van der Waals surface area contributed by atoms with Crippen molar-refractivity contribution in [3.63, 3.8) is 0 Å². The summed E-state index contributed by atoms with van der Waals surface area (Å²) in [6.45, 7) is 0. The molecule has 0 saturated carbocycles. The van der Waals surface area contributed by atoms with Gasteiger partial charge in [-0.25, -0.2) is 0 Å². The summed E-state index contributed by atoms with van der Waals surface area (Å²) in [6.07, 6.45) is 0. The molecule has 6 aromatic rings. The third-order valence-corrected chi connectivity index (χ3v) is 7.29. The topological polar surface area (TPSA) is 3.24 Å². The maximum absolute atomic E-state index is 3.58. The van der Waals surface area contributed by atoms with Crippen molar-refractivity contribution in [3.8, 4) is 33.4 Å². The number of hydrogen-bond acceptors (Lipinski definition) is 1. The van der Waals surface area contributed by atoms with E-state index in [9.17, 15) is 0 Å². The maximum Gasteiger partial charge on any atom is 0.0540 e. The molecule has 0 heterocycles. The number of rotatable bonds is 6. The second-order valence-corrected chi connectivity index (χ2v) is 10.1. The first-order valence-corrected chi connectivity index (χ1v) is 13.5. The van der Waals surface area contributed by atoms with E-state index >= 15 is 0 Å². The number of nitrogens with zero attached hydrogens (tertiary/aromatic N) is 1. The van der Waals surface area contributed by atoms with E-state index in [4.69, 9.17) is 0 Å². The van der Waals surface area contributed by atoms with E-state index in [0.717, 1.165) is 21.5 Å². The van der Waals surface area contributed by atoms with E-state index in [1.54, 1.807) is 0 Å². The van der Waals surface area contributed by atoms with Crippen molar-refractivity contribution in [2.45, 2.75) is 0 Å². The van der Waals surface area contributed by atoms with Crippen LogP contribution in [0.15, 0.2) is 162 Å². The van der Waals surface area contributed by atoms with Crippen LogP contribution < -0.4 is 4.90 Å². The summed E-state index contributed by atoms with van der Waals surface area (Å²) in [5.41, 5.74) is 10.6. The van der Waals surface area contributed by atoms with Crippen molar-refractivity contribution in [1.29, 1.82) is 0 Å². The minimum atomic E-state index is 1.07. The molecule has 0 saturated heterocycles. The van der Waals surface area contributed by atoms with Crippen molar-refractivity contribution >= 4 is 33.0 Å². The Morgan fingerprint density at radius 1 is 0.342 bits per heavy atom. The highest BCUT2D eigenvalue weighted by Gasteiger charge is 2.17. The lowest BCUT2D eigenvalue weighted by Crippen LogP contribution is -2.11. The van der Waals surface area contributed by atoms with Crippen molar-refractivity contribution in [2.24, 2.45) is 0 Å². The predicted molar refractivity (Wildman–Crippen MR) is 165 cm³/mol. The molecule has 0 atom stereocenters. The van der Waals surface area contributed by atoms with Crippen LogP contribution in [0.25, 0.3) is 33.4 Å². The summed E-state index contributed by atoms with van der Waals surface area (Å²) in [6, 6.07) is 55.9. The van der Waals surface area contributed by atoms with Gasteiger partial charge in [0.15, 0.2) is 0 Å². The highest BCUT2D eigenvalue weighted by Crippen LogP contribution is 2.41. The average molecular weight is 553 g/mol. The molecule has 2 heteroatoms. The number of benzene rings is 6. The van der Waals surface area contributed by atoms with Crippen LogP contribution in [0.2, 0.25) is 0 Å². The van der Waals surface area contributed by atoms with Crippen LogP contribution in [0.3, 0.4) is 0 Å². The second-order valence-electron chi connectivity index (χ2n) is 9.19. The average Bonchev–Trinajstić information content (AvgIpc) is 3.00. The largest absolute Gasteiger partial charge is 0.310 e. The third kappa shape index (κ3) is 5.04. The van der Waals surface area contributed by atoms with Crippen molar-refractivity contribution in [2.75, 3.05) is 4.90 Å². The lowest BCUT2D eigenvalue weighted by Gasteiger charge is -2.28. The fourth-order valence-corrected chi connectivity index (χ4v) is 5.10. The van der Waals surface area contributed by atoms with Gasteiger partial charge in [0, 0.05) is 21.4 Å². The Morgan fingerprint density at radius 2 is 0.737 bits per heavy atom. The van der Waals surface area contributed by atoms with Crippen LogP contribution in [-0.4, -0.2) is 0 Å². The van der Waals surface area contributed by atoms with Gasteiger partial charge in [0.25, 0.3) is 0 Å². The first-order valence-electron chi connectivity index (χ1n) is 12.7. The zero-order chi connectivity index (χ0) is 25.7. The molecule has 0 radical (unpaired) electrons. The van der Waals surface area contributed by atoms with Gasteiger partial charge in [-0.15, -0.1) is 0 Å². The van der Waals surface area contributed by atoms with Gasteiger partial charge in [-0.05, 0) is 70.3 Å². The van der Waals surface area contributed by atoms with E-state index < -0.39 is 0 Å². The second kappa shape index (κ2) is 10.9. The van der Waals surface area contributed by atoms with Gasteiger partial charge in [-0.1, -0.05) is 131 Å². The summed E-state index contributed by atoms with van der Waals surface area (Å²) < 4.78 is 1.07. The molecule has 6 rings (SSSR count). The van der Waals surface area contributed by atoms with Crippen LogP contribution in [0.1, 0.15) is 0 Å². The molecule has 38 heavy (non-hydrogen) atoms. The first-order chi connectivity index (χ1) is 18.8. The van der Waals surface area contributed by atoms with Gasteiger partial charge in [0.2, 0.25) is 0 Å². The molecular formula is C36H26BrN. The lowest BCUT2D eigenvalue weighted by molar-refractivity contribution is 1.28. The zero-order valence-corrected chi connectivity index (χ0v) is 22.4. The molecule has 1 nitrogen and oxygen atoms in total. The number of anilines is 3. The van der Waals surface area contributed by atoms with Gasteiger partial charge in [0.1, 0.15) is 0 Å². The van der Waals surface area contributed by atoms with Crippen LogP contribution in [0.5, 0.6) is 0 Å². The summed E-state index contributed by atoms with van der Waals surface area (Å²) in [5.74, 6) is 0. The molecule has 6 aromatic carbocycles. The number of para-hydroxylation sites is 1. The van der Waals surface area contributed by atoms with Crippen molar-refractivity contribution in [3.05, 3.63) is 162 Å². The smallest absolute Gasteiger partial charge is 0.0540 e. The monoisotopic (exact) mass is 551 g/mol. The maximum atomic E-state index is 3.58. The molecule has 0 amide bonds. The van der Waals surface area contributed by atoms with Crippen LogP contribution in [-0.2, 0) is 0 Å². The first kappa shape index (κ1) is 24.0. The number of hydrogen-bond donors (Lipinski definition) is 0. The predicted octanol–water partition coefficient (Wildman–Crippen LogP) is 10.9. The van der Waals surface area contributed by atoms with Crippen LogP contribution in [0.4, 0.5) is 17.1 Å². The SMILES string of the molecule is Brc1ccc(-c2ccccc2N(c2ccc(-c3ccccc3)cc2)c2ccc(-c3ccccc3)cc2)cc1. The summed E-state index contributed by atoms with van der Waals surface area (Å²) in [7, 11) is 0. The molecule has 0 bridgehead atoms. The molecule has 0 aliphatic rings. The molecule has 0 spiro atoms. The standard InChI is InChI=1S/C36H26BrN/c37-32-21-15-31(16-22-32)35-13-7-8-14-36(35)38(33-23-17-29(18-24-33)27-9-3-1-4-10-27)34-25-19-30(20-26-34)28-11-5-2-6-12-28/h1-26H. The Bertz CT molecular complexity index is 1540. The summed E-state index contributed by atoms with van der Waals surface area (Å²) in [4.78, 5) is 2.35. The minimum Gasteiger partial charge on any atom is -0.310 e. The quantitative estimate of drug-likeness (QED) is 0.199. The third-order valence-electron chi connectivity index (χ3n) is 6.77. The van der Waals surface area contributed by atoms with E-state index in [-0.39, 0.29) is 0 Å². The summed E-state index contributed by atoms with van der Waals surface area (Å²) >= 11 is 3.58. The molecule has 182 valence electrons. The van der Waals surface area contributed by atoms with Gasteiger partial charge < -0.3 is 4.90 Å². The minimum absolute atomic E-state index is 1.07. The highest BCUT2D eigenvalue weighted by molar-refractivity contribution is 9.10. The van der Waals surface area contributed by atoms with Gasteiger partial charge >= 0.3 is 0 Å². The zero-order valence-electron chi connectivity index (χ0n) is 20.8. The van der Waals surface area contributed by atoms with E-state index in [0.29, 0.717) is 0 Å². The fourth-order valence-electron chi connectivity index (χ4n) is 4.84. The van der Waals surface area contributed by atoms with Gasteiger partial charge in [-0.3, -0.25) is 0 Å². The number of halogens is 1. The van der Waals surface area contributed by atoms with E-state index in [2.05, 4.69) is 179 Å². The lowest BCUT2D eigenvalue weighted by atomic mass is 10.0. The van der Waals surface area contributed by atoms with Crippen LogP contribution in [0, 0.1) is 0 Å². The van der Waals surface area contributed by atoms with Crippen LogP contribution >= 0.6 is 15.9 Å². The van der Waals surface area contributed by atoms with E-state index in [1.165, 1.54) is 33.4 Å². The molecule has 0 aliphatic heterocycles. The molecule has 0 unspecified atom stereocenters.